The molecule has 6 heteroatoms. The van der Waals surface area contributed by atoms with E-state index in [-0.39, 0.29) is 16.0 Å². The molecule has 0 amide bonds. The molecular weight excluding hydrogens is 272 g/mol. The van der Waals surface area contributed by atoms with Gasteiger partial charge in [0.1, 0.15) is 4.90 Å². The molecule has 1 aliphatic carbocycles. The van der Waals surface area contributed by atoms with Crippen LogP contribution in [0.15, 0.2) is 23.4 Å². The molecule has 1 heterocycles. The van der Waals surface area contributed by atoms with Gasteiger partial charge in [0, 0.05) is 25.0 Å². The molecule has 0 atom stereocenters. The highest BCUT2D eigenvalue weighted by atomic mass is 35.5. The first-order valence-electron chi connectivity index (χ1n) is 6.04. The molecule has 0 saturated heterocycles. The van der Waals surface area contributed by atoms with Crippen molar-refractivity contribution in [3.8, 4) is 0 Å². The second-order valence-electron chi connectivity index (χ2n) is 4.92. The number of hydrogen-bond donors (Lipinski definition) is 0. The van der Waals surface area contributed by atoms with Gasteiger partial charge in [0.15, 0.2) is 0 Å². The topological polar surface area (TPSA) is 50.3 Å². The molecule has 0 bridgehead atoms. The molecule has 1 aromatic rings. The van der Waals surface area contributed by atoms with Crippen molar-refractivity contribution in [2.75, 3.05) is 6.54 Å². The summed E-state index contributed by atoms with van der Waals surface area (Å²) >= 11 is 5.96. The van der Waals surface area contributed by atoms with Crippen molar-refractivity contribution in [2.24, 2.45) is 5.92 Å². The molecule has 1 aromatic heterocycles. The van der Waals surface area contributed by atoms with Crippen LogP contribution in [0.4, 0.5) is 0 Å². The molecule has 0 unspecified atom stereocenters. The zero-order chi connectivity index (χ0) is 13.3. The normalized spacial score (nSPS) is 16.5. The SMILES string of the molecule is CC(C)N(CC1CC1)S(=O)(=O)c1cnccc1Cl. The molecule has 18 heavy (non-hydrogen) atoms. The monoisotopic (exact) mass is 288 g/mol. The van der Waals surface area contributed by atoms with Crippen LogP contribution in [0.3, 0.4) is 0 Å². The Kier molecular flexibility index (Phi) is 3.94. The van der Waals surface area contributed by atoms with E-state index in [1.165, 1.54) is 22.8 Å². The molecule has 4 nitrogen and oxygen atoms in total. The van der Waals surface area contributed by atoms with Crippen LogP contribution in [0.25, 0.3) is 0 Å². The predicted octanol–water partition coefficient (Wildman–Crippen LogP) is 2.54. The Morgan fingerprint density at radius 3 is 2.67 bits per heavy atom. The smallest absolute Gasteiger partial charge is 0.246 e. The molecule has 1 aliphatic rings. The minimum absolute atomic E-state index is 0.0770. The molecule has 0 aliphatic heterocycles. The average molecular weight is 289 g/mol. The summed E-state index contributed by atoms with van der Waals surface area (Å²) in [6.07, 6.45) is 5.03. The summed E-state index contributed by atoms with van der Waals surface area (Å²) < 4.78 is 26.6. The number of aromatic nitrogens is 1. The fourth-order valence-corrected chi connectivity index (χ4v) is 3.94. The number of hydrogen-bond acceptors (Lipinski definition) is 3. The Bertz CT molecular complexity index is 527. The van der Waals surface area contributed by atoms with E-state index < -0.39 is 10.0 Å². The zero-order valence-corrected chi connectivity index (χ0v) is 12.1. The van der Waals surface area contributed by atoms with Crippen molar-refractivity contribution in [1.29, 1.82) is 0 Å². The van der Waals surface area contributed by atoms with Crippen LogP contribution in [-0.4, -0.2) is 30.3 Å². The Morgan fingerprint density at radius 2 is 2.17 bits per heavy atom. The number of halogens is 1. The van der Waals surface area contributed by atoms with Gasteiger partial charge in [-0.2, -0.15) is 4.31 Å². The summed E-state index contributed by atoms with van der Waals surface area (Å²) in [5.74, 6) is 0.498. The van der Waals surface area contributed by atoms with Crippen LogP contribution in [0.2, 0.25) is 5.02 Å². The first-order valence-corrected chi connectivity index (χ1v) is 7.86. The molecule has 2 rings (SSSR count). The lowest BCUT2D eigenvalue weighted by Gasteiger charge is -2.26. The van der Waals surface area contributed by atoms with E-state index in [1.54, 1.807) is 0 Å². The fraction of sp³-hybridized carbons (Fsp3) is 0.583. The van der Waals surface area contributed by atoms with Crippen LogP contribution in [0, 0.1) is 5.92 Å². The second-order valence-corrected chi connectivity index (χ2v) is 7.18. The highest BCUT2D eigenvalue weighted by Gasteiger charge is 2.34. The van der Waals surface area contributed by atoms with E-state index in [2.05, 4.69) is 4.98 Å². The van der Waals surface area contributed by atoms with Crippen molar-refractivity contribution in [3.63, 3.8) is 0 Å². The largest absolute Gasteiger partial charge is 0.263 e. The molecule has 0 radical (unpaired) electrons. The Hall–Kier alpha value is -0.650. The number of pyridine rings is 1. The third-order valence-electron chi connectivity index (χ3n) is 3.03. The van der Waals surface area contributed by atoms with Crippen LogP contribution in [-0.2, 0) is 10.0 Å². The van der Waals surface area contributed by atoms with Gasteiger partial charge in [0.25, 0.3) is 0 Å². The zero-order valence-electron chi connectivity index (χ0n) is 10.5. The predicted molar refractivity (Wildman–Crippen MR) is 71.0 cm³/mol. The van der Waals surface area contributed by atoms with E-state index in [1.807, 2.05) is 13.8 Å². The number of sulfonamides is 1. The van der Waals surface area contributed by atoms with E-state index in [0.29, 0.717) is 12.5 Å². The van der Waals surface area contributed by atoms with Gasteiger partial charge in [-0.3, -0.25) is 4.98 Å². The lowest BCUT2D eigenvalue weighted by atomic mass is 10.3. The average Bonchev–Trinajstić information content (AvgIpc) is 3.09. The number of nitrogens with zero attached hydrogens (tertiary/aromatic N) is 2. The molecule has 0 N–H and O–H groups in total. The fourth-order valence-electron chi connectivity index (χ4n) is 1.82. The minimum atomic E-state index is -3.55. The maximum atomic E-state index is 12.6. The number of rotatable bonds is 5. The summed E-state index contributed by atoms with van der Waals surface area (Å²) in [7, 11) is -3.55. The maximum Gasteiger partial charge on any atom is 0.246 e. The van der Waals surface area contributed by atoms with Crippen molar-refractivity contribution in [2.45, 2.75) is 37.6 Å². The van der Waals surface area contributed by atoms with Gasteiger partial charge in [-0.05, 0) is 38.7 Å². The van der Waals surface area contributed by atoms with Crippen molar-refractivity contribution in [1.82, 2.24) is 9.29 Å². The summed E-state index contributed by atoms with van der Waals surface area (Å²) in [6, 6.07) is 1.43. The summed E-state index contributed by atoms with van der Waals surface area (Å²) in [6.45, 7) is 4.33. The lowest BCUT2D eigenvalue weighted by molar-refractivity contribution is 0.341. The van der Waals surface area contributed by atoms with E-state index in [4.69, 9.17) is 11.6 Å². The Balaban J connectivity index is 2.35. The third-order valence-corrected chi connectivity index (χ3v) is 5.54. The van der Waals surface area contributed by atoms with Crippen molar-refractivity contribution in [3.05, 3.63) is 23.5 Å². The van der Waals surface area contributed by atoms with Gasteiger partial charge in [0.2, 0.25) is 10.0 Å². The summed E-state index contributed by atoms with van der Waals surface area (Å²) in [5.41, 5.74) is 0. The molecule has 100 valence electrons. The van der Waals surface area contributed by atoms with E-state index in [0.717, 1.165) is 12.8 Å². The molecule has 0 spiro atoms. The van der Waals surface area contributed by atoms with Gasteiger partial charge in [-0.15, -0.1) is 0 Å². The standard InChI is InChI=1S/C12H17ClN2O2S/c1-9(2)15(8-10-3-4-10)18(16,17)12-7-14-6-5-11(12)13/h5-7,9-10H,3-4,8H2,1-2H3. The third kappa shape index (κ3) is 2.84. The molecule has 0 aromatic carbocycles. The van der Waals surface area contributed by atoms with E-state index >= 15 is 0 Å². The highest BCUT2D eigenvalue weighted by Crippen LogP contribution is 2.33. The summed E-state index contributed by atoms with van der Waals surface area (Å²) in [4.78, 5) is 3.96. The summed E-state index contributed by atoms with van der Waals surface area (Å²) in [5, 5.41) is 0.228. The molecule has 1 saturated carbocycles. The van der Waals surface area contributed by atoms with Gasteiger partial charge >= 0.3 is 0 Å². The second kappa shape index (κ2) is 5.15. The van der Waals surface area contributed by atoms with Crippen LogP contribution in [0.1, 0.15) is 26.7 Å². The first-order chi connectivity index (χ1) is 8.43. The van der Waals surface area contributed by atoms with Gasteiger partial charge in [0.05, 0.1) is 5.02 Å². The highest BCUT2D eigenvalue weighted by molar-refractivity contribution is 7.89. The lowest BCUT2D eigenvalue weighted by Crippen LogP contribution is -2.38. The van der Waals surface area contributed by atoms with Gasteiger partial charge < -0.3 is 0 Å². The van der Waals surface area contributed by atoms with Gasteiger partial charge in [-0.1, -0.05) is 11.6 Å². The van der Waals surface area contributed by atoms with Crippen molar-refractivity contribution >= 4 is 21.6 Å². The van der Waals surface area contributed by atoms with Crippen molar-refractivity contribution < 1.29 is 8.42 Å². The van der Waals surface area contributed by atoms with Gasteiger partial charge in [-0.25, -0.2) is 8.42 Å². The maximum absolute atomic E-state index is 12.6. The van der Waals surface area contributed by atoms with Crippen LogP contribution in [0.5, 0.6) is 0 Å². The Labute approximate surface area is 113 Å². The van der Waals surface area contributed by atoms with Crippen LogP contribution < -0.4 is 0 Å². The molecule has 1 fully saturated rings. The minimum Gasteiger partial charge on any atom is -0.263 e. The van der Waals surface area contributed by atoms with E-state index in [9.17, 15) is 8.42 Å². The molecular formula is C12H17ClN2O2S. The quantitative estimate of drug-likeness (QED) is 0.837. The Morgan fingerprint density at radius 1 is 1.50 bits per heavy atom. The first kappa shape index (κ1) is 13.8. The van der Waals surface area contributed by atoms with Crippen LogP contribution >= 0.6 is 11.6 Å².